The van der Waals surface area contributed by atoms with E-state index in [4.69, 9.17) is 4.74 Å². The molecule has 1 aliphatic rings. The van der Waals surface area contributed by atoms with Gasteiger partial charge in [-0.15, -0.1) is 0 Å². The lowest BCUT2D eigenvalue weighted by Crippen LogP contribution is -2.28. The normalized spacial score (nSPS) is 13.6. The first-order valence-corrected chi connectivity index (χ1v) is 9.20. The molecule has 156 valence electrons. The summed E-state index contributed by atoms with van der Waals surface area (Å²) in [5.74, 6) is -0.257. The molecule has 0 aliphatic carbocycles. The van der Waals surface area contributed by atoms with Crippen LogP contribution in [0.25, 0.3) is 11.3 Å². The van der Waals surface area contributed by atoms with E-state index in [1.165, 1.54) is 17.0 Å². The number of halogens is 4. The summed E-state index contributed by atoms with van der Waals surface area (Å²) in [4.78, 5) is 13.5. The Labute approximate surface area is 169 Å². The van der Waals surface area contributed by atoms with Crippen molar-refractivity contribution in [3.63, 3.8) is 0 Å². The van der Waals surface area contributed by atoms with Crippen LogP contribution in [-0.4, -0.2) is 33.7 Å². The predicted molar refractivity (Wildman–Crippen MR) is 100 cm³/mol. The van der Waals surface area contributed by atoms with Crippen molar-refractivity contribution in [3.8, 4) is 17.0 Å². The van der Waals surface area contributed by atoms with Gasteiger partial charge in [-0.1, -0.05) is 0 Å². The molecule has 4 rings (SSSR count). The van der Waals surface area contributed by atoms with Crippen molar-refractivity contribution in [1.29, 1.82) is 0 Å². The number of alkyl halides is 3. The van der Waals surface area contributed by atoms with E-state index in [2.05, 4.69) is 10.2 Å². The van der Waals surface area contributed by atoms with Crippen LogP contribution in [0.15, 0.2) is 48.7 Å². The quantitative estimate of drug-likeness (QED) is 0.589. The molecule has 1 amide bonds. The second-order valence-corrected chi connectivity index (χ2v) is 6.98. The van der Waals surface area contributed by atoms with Crippen molar-refractivity contribution in [2.75, 3.05) is 6.54 Å². The third kappa shape index (κ3) is 4.29. The van der Waals surface area contributed by atoms with Crippen LogP contribution in [0.2, 0.25) is 0 Å². The van der Waals surface area contributed by atoms with Gasteiger partial charge in [-0.25, -0.2) is 4.39 Å². The number of nitrogens with zero attached hydrogens (tertiary/aromatic N) is 2. The number of nitrogens with one attached hydrogen (secondary N) is 1. The maximum atomic E-state index is 13.1. The molecule has 0 unspecified atom stereocenters. The van der Waals surface area contributed by atoms with Crippen molar-refractivity contribution in [1.82, 2.24) is 15.1 Å². The molecule has 1 aromatic heterocycles. The van der Waals surface area contributed by atoms with Gasteiger partial charge >= 0.3 is 6.18 Å². The molecule has 30 heavy (non-hydrogen) atoms. The number of aromatic nitrogens is 2. The van der Waals surface area contributed by atoms with Gasteiger partial charge in [0.15, 0.2) is 0 Å². The predicted octanol–water partition coefficient (Wildman–Crippen LogP) is 4.70. The highest BCUT2D eigenvalue weighted by molar-refractivity contribution is 5.98. The number of aromatic amines is 1. The van der Waals surface area contributed by atoms with Gasteiger partial charge in [0.05, 0.1) is 18.3 Å². The van der Waals surface area contributed by atoms with Gasteiger partial charge in [0.25, 0.3) is 5.91 Å². The maximum Gasteiger partial charge on any atom is 0.390 e. The minimum Gasteiger partial charge on any atom is -0.489 e. The fourth-order valence-electron chi connectivity index (χ4n) is 3.34. The smallest absolute Gasteiger partial charge is 0.390 e. The van der Waals surface area contributed by atoms with E-state index in [1.54, 1.807) is 36.5 Å². The molecule has 0 saturated heterocycles. The molecule has 9 heteroatoms. The largest absolute Gasteiger partial charge is 0.489 e. The highest BCUT2D eigenvalue weighted by Gasteiger charge is 2.33. The van der Waals surface area contributed by atoms with Crippen LogP contribution >= 0.6 is 0 Å². The highest BCUT2D eigenvalue weighted by atomic mass is 19.4. The van der Waals surface area contributed by atoms with Crippen LogP contribution in [0.3, 0.4) is 0 Å². The first-order chi connectivity index (χ1) is 14.3. The summed E-state index contributed by atoms with van der Waals surface area (Å²) in [7, 11) is 0. The Morgan fingerprint density at radius 1 is 1.13 bits per heavy atom. The monoisotopic (exact) mass is 419 g/mol. The molecule has 0 atom stereocenters. The maximum absolute atomic E-state index is 13.1. The van der Waals surface area contributed by atoms with E-state index in [9.17, 15) is 22.4 Å². The summed E-state index contributed by atoms with van der Waals surface area (Å²) in [5, 5.41) is 6.87. The van der Waals surface area contributed by atoms with Gasteiger partial charge in [-0.2, -0.15) is 18.3 Å². The van der Waals surface area contributed by atoms with E-state index < -0.39 is 18.5 Å². The summed E-state index contributed by atoms with van der Waals surface area (Å²) in [5.41, 5.74) is 3.23. The van der Waals surface area contributed by atoms with Gasteiger partial charge in [0.2, 0.25) is 0 Å². The highest BCUT2D eigenvalue weighted by Crippen LogP contribution is 2.30. The van der Waals surface area contributed by atoms with Crippen molar-refractivity contribution >= 4 is 5.91 Å². The molecule has 1 N–H and O–H groups in total. The molecule has 2 aromatic carbocycles. The molecule has 3 aromatic rings. The van der Waals surface area contributed by atoms with Crippen LogP contribution in [0.5, 0.6) is 5.75 Å². The summed E-state index contributed by atoms with van der Waals surface area (Å²) in [6, 6.07) is 10.8. The van der Waals surface area contributed by atoms with Gasteiger partial charge < -0.3 is 9.64 Å². The number of fused-ring (bicyclic) bond motifs is 1. The molecule has 0 saturated carbocycles. The Bertz CT molecular complexity index is 1060. The molecule has 0 radical (unpaired) electrons. The number of benzene rings is 2. The number of carbonyl (C=O) groups is 1. The molecule has 0 fully saturated rings. The molecule has 1 aliphatic heterocycles. The van der Waals surface area contributed by atoms with Gasteiger partial charge in [0, 0.05) is 29.8 Å². The van der Waals surface area contributed by atoms with Crippen LogP contribution in [-0.2, 0) is 13.2 Å². The Morgan fingerprint density at radius 3 is 2.63 bits per heavy atom. The van der Waals surface area contributed by atoms with Crippen molar-refractivity contribution in [2.45, 2.75) is 25.7 Å². The van der Waals surface area contributed by atoms with E-state index in [-0.39, 0.29) is 25.5 Å². The zero-order valence-electron chi connectivity index (χ0n) is 15.7. The fourth-order valence-corrected chi connectivity index (χ4v) is 3.34. The summed E-state index contributed by atoms with van der Waals surface area (Å²) >= 11 is 0. The average molecular weight is 419 g/mol. The number of hydrogen-bond donors (Lipinski definition) is 1. The van der Waals surface area contributed by atoms with E-state index >= 15 is 0 Å². The van der Waals surface area contributed by atoms with Crippen molar-refractivity contribution in [3.05, 3.63) is 71.2 Å². The van der Waals surface area contributed by atoms with Crippen molar-refractivity contribution < 1.29 is 27.1 Å². The molecular formula is C21H17F4N3O2. The first-order valence-electron chi connectivity index (χ1n) is 9.20. The lowest BCUT2D eigenvalue weighted by atomic mass is 10.1. The topological polar surface area (TPSA) is 58.2 Å². The number of carbonyl (C=O) groups excluding carboxylic acids is 1. The summed E-state index contributed by atoms with van der Waals surface area (Å²) in [6.07, 6.45) is -3.74. The second-order valence-electron chi connectivity index (χ2n) is 6.98. The molecular weight excluding hydrogens is 402 g/mol. The van der Waals surface area contributed by atoms with Crippen LogP contribution < -0.4 is 4.74 Å². The third-order valence-electron chi connectivity index (χ3n) is 4.87. The molecule has 2 heterocycles. The van der Waals surface area contributed by atoms with Crippen LogP contribution in [0.4, 0.5) is 17.6 Å². The zero-order chi connectivity index (χ0) is 21.3. The van der Waals surface area contributed by atoms with Gasteiger partial charge in [-0.3, -0.25) is 9.89 Å². The van der Waals surface area contributed by atoms with Crippen molar-refractivity contribution in [2.24, 2.45) is 0 Å². The SMILES string of the molecule is O=C1c2ccc(OCc3cn[nH]c3-c3ccc(F)cc3)cc2CN1CCC(F)(F)F. The number of amides is 1. The third-order valence-corrected chi connectivity index (χ3v) is 4.87. The minimum absolute atomic E-state index is 0.119. The zero-order valence-corrected chi connectivity index (χ0v) is 15.7. The van der Waals surface area contributed by atoms with E-state index in [0.29, 0.717) is 22.6 Å². The summed E-state index contributed by atoms with van der Waals surface area (Å²) < 4.78 is 56.3. The van der Waals surface area contributed by atoms with Gasteiger partial charge in [0.1, 0.15) is 18.2 Å². The van der Waals surface area contributed by atoms with Gasteiger partial charge in [-0.05, 0) is 48.0 Å². The average Bonchev–Trinajstić information content (AvgIpc) is 3.29. The Hall–Kier alpha value is -3.36. The number of rotatable bonds is 6. The Morgan fingerprint density at radius 2 is 1.90 bits per heavy atom. The lowest BCUT2D eigenvalue weighted by molar-refractivity contribution is -0.136. The second kappa shape index (κ2) is 7.81. The Balaban J connectivity index is 1.43. The number of H-pyrrole nitrogens is 1. The van der Waals surface area contributed by atoms with Crippen LogP contribution in [0, 0.1) is 5.82 Å². The standard InChI is InChI=1S/C21H17F4N3O2/c22-16-3-1-13(2-4-16)19-15(10-26-27-19)12-30-17-5-6-18-14(9-17)11-28(20(18)29)8-7-21(23,24)25/h1-6,9-10H,7-8,11-12H2,(H,26,27). The lowest BCUT2D eigenvalue weighted by Gasteiger charge is -2.16. The van der Waals surface area contributed by atoms with E-state index in [1.807, 2.05) is 0 Å². The minimum atomic E-state index is -4.31. The Kier molecular flexibility index (Phi) is 5.19. The first kappa shape index (κ1) is 19.9. The fraction of sp³-hybridized carbons (Fsp3) is 0.238. The number of ether oxygens (including phenoxy) is 1. The molecule has 0 spiro atoms. The molecule has 0 bridgehead atoms. The summed E-state index contributed by atoms with van der Waals surface area (Å²) in [6.45, 7) is -0.0784. The van der Waals surface area contributed by atoms with E-state index in [0.717, 1.165) is 11.1 Å². The molecule has 5 nitrogen and oxygen atoms in total. The van der Waals surface area contributed by atoms with Crippen LogP contribution in [0.1, 0.15) is 27.9 Å². The number of hydrogen-bond acceptors (Lipinski definition) is 3.